The summed E-state index contributed by atoms with van der Waals surface area (Å²) in [6.45, 7) is 6.59. The molecular weight excluding hydrogens is 502 g/mol. The van der Waals surface area contributed by atoms with Crippen molar-refractivity contribution < 1.29 is 9.21 Å². The lowest BCUT2D eigenvalue weighted by molar-refractivity contribution is -0.117. The fourth-order valence-corrected chi connectivity index (χ4v) is 4.54. The zero-order valence-electron chi connectivity index (χ0n) is 21.8. The van der Waals surface area contributed by atoms with E-state index in [1.165, 1.54) is 0 Å². The number of amides is 1. The van der Waals surface area contributed by atoms with Gasteiger partial charge in [-0.25, -0.2) is 14.9 Å². The van der Waals surface area contributed by atoms with Crippen LogP contribution in [-0.4, -0.2) is 32.6 Å². The third-order valence-electron chi connectivity index (χ3n) is 6.31. The molecule has 9 heteroatoms. The van der Waals surface area contributed by atoms with Crippen LogP contribution in [0.2, 0.25) is 0 Å². The maximum Gasteiger partial charge on any atom is 0.434 e. The topological polar surface area (TPSA) is 117 Å². The van der Waals surface area contributed by atoms with Crippen LogP contribution in [0.15, 0.2) is 74.0 Å². The number of imidazole rings is 1. The van der Waals surface area contributed by atoms with Crippen LogP contribution < -0.4 is 11.1 Å². The van der Waals surface area contributed by atoms with Gasteiger partial charge in [0.2, 0.25) is 5.89 Å². The fraction of sp³-hybridized carbons (Fsp3) is 0.310. The third-order valence-corrected chi connectivity index (χ3v) is 6.59. The smallest absolute Gasteiger partial charge is 0.388 e. The molecule has 4 rings (SSSR count). The predicted octanol–water partition coefficient (Wildman–Crippen LogP) is 5.77. The molecule has 198 valence electrons. The Labute approximate surface area is 226 Å². The van der Waals surface area contributed by atoms with Crippen LogP contribution in [0.5, 0.6) is 0 Å². The van der Waals surface area contributed by atoms with E-state index in [1.54, 1.807) is 6.08 Å². The highest BCUT2D eigenvalue weighted by atomic mass is 35.5. The molecule has 0 spiro atoms. The van der Waals surface area contributed by atoms with E-state index in [-0.39, 0.29) is 17.7 Å². The molecular formula is C29H32ClN5O3. The molecule has 1 atom stereocenters. The minimum atomic E-state index is -0.668. The maximum atomic E-state index is 13.0. The van der Waals surface area contributed by atoms with E-state index in [2.05, 4.69) is 33.5 Å². The molecule has 0 bridgehead atoms. The Balaban J connectivity index is 1.82. The van der Waals surface area contributed by atoms with Crippen molar-refractivity contribution in [2.75, 3.05) is 6.54 Å². The van der Waals surface area contributed by atoms with Crippen molar-refractivity contribution in [2.45, 2.75) is 46.5 Å². The van der Waals surface area contributed by atoms with Crippen molar-refractivity contribution in [3.63, 3.8) is 0 Å². The number of rotatable bonds is 8. The van der Waals surface area contributed by atoms with Gasteiger partial charge in [0, 0.05) is 46.3 Å². The molecule has 1 amide bonds. The Morgan fingerprint density at radius 1 is 1.29 bits per heavy atom. The number of unbranched alkanes of at least 4 members (excludes halogenated alkanes) is 1. The Hall–Kier alpha value is -3.91. The number of hydrogen-bond acceptors (Lipinski definition) is 5. The summed E-state index contributed by atoms with van der Waals surface area (Å²) >= 11 is 6.41. The van der Waals surface area contributed by atoms with Gasteiger partial charge in [-0.05, 0) is 50.5 Å². The highest BCUT2D eigenvalue weighted by molar-refractivity contribution is 6.29. The number of carbonyl (C=O) groups excluding carboxylic acids is 1. The molecule has 0 fully saturated rings. The van der Waals surface area contributed by atoms with Crippen molar-refractivity contribution in [1.29, 1.82) is 0 Å². The van der Waals surface area contributed by atoms with E-state index in [1.807, 2.05) is 56.4 Å². The van der Waals surface area contributed by atoms with Crippen LogP contribution in [0.25, 0.3) is 17.2 Å². The first-order valence-electron chi connectivity index (χ1n) is 12.8. The molecule has 2 aliphatic rings. The Bertz CT molecular complexity index is 1460. The minimum absolute atomic E-state index is 0.115. The summed E-state index contributed by atoms with van der Waals surface area (Å²) in [5, 5.41) is 10.1. The Kier molecular flexibility index (Phi) is 8.97. The maximum absolute atomic E-state index is 13.0. The summed E-state index contributed by atoms with van der Waals surface area (Å²) in [6, 6.07) is 0. The van der Waals surface area contributed by atoms with E-state index in [9.17, 15) is 9.59 Å². The van der Waals surface area contributed by atoms with Gasteiger partial charge in [-0.2, -0.15) is 0 Å². The number of nitrogens with one attached hydrogen (secondary N) is 3. The van der Waals surface area contributed by atoms with E-state index >= 15 is 0 Å². The van der Waals surface area contributed by atoms with Crippen molar-refractivity contribution in [3.8, 4) is 0 Å². The second kappa shape index (κ2) is 12.6. The van der Waals surface area contributed by atoms with Crippen LogP contribution in [-0.2, 0) is 4.79 Å². The Morgan fingerprint density at radius 2 is 2.13 bits per heavy atom. The van der Waals surface area contributed by atoms with Gasteiger partial charge in [0.25, 0.3) is 5.91 Å². The van der Waals surface area contributed by atoms with Gasteiger partial charge < -0.3 is 14.7 Å². The molecule has 0 radical (unpaired) electrons. The SMILES string of the molecule is C/C=C\c1nc(/C2=C/C=C(/Cl)CC=CC2C2=CCC=C(C(=O)NCCCC)C=C2c2n[nH]c(=O)o2)[nH]c1C. The quantitative estimate of drug-likeness (QED) is 0.294. The molecule has 0 aromatic carbocycles. The zero-order chi connectivity index (χ0) is 27.1. The largest absolute Gasteiger partial charge is 0.434 e. The summed E-state index contributed by atoms with van der Waals surface area (Å²) in [5.41, 5.74) is 4.54. The van der Waals surface area contributed by atoms with Gasteiger partial charge in [0.1, 0.15) is 5.82 Å². The van der Waals surface area contributed by atoms with Gasteiger partial charge in [0.05, 0.1) is 5.69 Å². The highest BCUT2D eigenvalue weighted by Crippen LogP contribution is 2.40. The van der Waals surface area contributed by atoms with E-state index in [0.717, 1.165) is 35.4 Å². The second-order valence-corrected chi connectivity index (χ2v) is 9.57. The van der Waals surface area contributed by atoms with Crippen LogP contribution in [0, 0.1) is 12.8 Å². The number of aryl methyl sites for hydroxylation is 1. The van der Waals surface area contributed by atoms with Crippen molar-refractivity contribution >= 4 is 34.7 Å². The molecule has 38 heavy (non-hydrogen) atoms. The lowest BCUT2D eigenvalue weighted by Crippen LogP contribution is -2.25. The average molecular weight is 534 g/mol. The summed E-state index contributed by atoms with van der Waals surface area (Å²) in [6.07, 6.45) is 20.4. The van der Waals surface area contributed by atoms with Crippen LogP contribution in [0.3, 0.4) is 0 Å². The number of aromatic amines is 2. The highest BCUT2D eigenvalue weighted by Gasteiger charge is 2.28. The average Bonchev–Trinajstić information content (AvgIpc) is 3.39. The molecule has 2 aliphatic carbocycles. The second-order valence-electron chi connectivity index (χ2n) is 9.08. The molecule has 0 saturated carbocycles. The van der Waals surface area contributed by atoms with Crippen LogP contribution >= 0.6 is 11.6 Å². The standard InChI is InChI=1S/C29H32ClN5O3/c1-4-6-16-31-27(36)19-10-7-12-22(24(17-19)28-34-35-29(37)38-28)21-13-8-11-20(30)14-15-23(21)26-32-18(3)25(33-26)9-5-2/h5,8-10,12-15,17,21H,4,6-7,11,16H2,1-3H3,(H,31,36)(H,32,33)(H,35,37)/b9-5-,13-8?,20-14+,23-15+. The lowest BCUT2D eigenvalue weighted by Gasteiger charge is -2.21. The first kappa shape index (κ1) is 27.1. The summed E-state index contributed by atoms with van der Waals surface area (Å²) in [5.74, 6) is -0.321. The van der Waals surface area contributed by atoms with Crippen molar-refractivity contribution in [1.82, 2.24) is 25.5 Å². The first-order valence-corrected chi connectivity index (χ1v) is 13.2. The number of H-pyrrole nitrogens is 2. The number of hydrogen-bond donors (Lipinski definition) is 3. The van der Waals surface area contributed by atoms with Gasteiger partial charge >= 0.3 is 5.76 Å². The van der Waals surface area contributed by atoms with E-state index < -0.39 is 5.76 Å². The van der Waals surface area contributed by atoms with Crippen molar-refractivity contribution in [3.05, 3.63) is 98.4 Å². The fourth-order valence-electron chi connectivity index (χ4n) is 4.38. The molecule has 0 saturated heterocycles. The number of carbonyl (C=O) groups is 1. The predicted molar refractivity (Wildman–Crippen MR) is 151 cm³/mol. The number of aromatic nitrogens is 4. The van der Waals surface area contributed by atoms with Gasteiger partial charge in [-0.1, -0.05) is 61.4 Å². The van der Waals surface area contributed by atoms with E-state index in [0.29, 0.717) is 41.4 Å². The summed E-state index contributed by atoms with van der Waals surface area (Å²) in [7, 11) is 0. The summed E-state index contributed by atoms with van der Waals surface area (Å²) in [4.78, 5) is 33.1. The van der Waals surface area contributed by atoms with Gasteiger partial charge in [-0.15, -0.1) is 5.10 Å². The number of nitrogens with zero attached hydrogens (tertiary/aromatic N) is 2. The van der Waals surface area contributed by atoms with Crippen LogP contribution in [0.4, 0.5) is 0 Å². The molecule has 2 aromatic rings. The lowest BCUT2D eigenvalue weighted by atomic mass is 9.83. The number of allylic oxidation sites excluding steroid dienone is 11. The minimum Gasteiger partial charge on any atom is -0.388 e. The molecule has 0 aliphatic heterocycles. The third kappa shape index (κ3) is 6.31. The van der Waals surface area contributed by atoms with Crippen LogP contribution in [0.1, 0.15) is 62.6 Å². The summed E-state index contributed by atoms with van der Waals surface area (Å²) < 4.78 is 5.40. The van der Waals surface area contributed by atoms with Gasteiger partial charge in [-0.3, -0.25) is 4.79 Å². The molecule has 3 N–H and O–H groups in total. The first-order chi connectivity index (χ1) is 18.4. The molecule has 8 nitrogen and oxygen atoms in total. The molecule has 1 unspecified atom stereocenters. The Morgan fingerprint density at radius 3 is 2.87 bits per heavy atom. The molecule has 2 heterocycles. The zero-order valence-corrected chi connectivity index (χ0v) is 22.6. The normalized spacial score (nSPS) is 20.8. The van der Waals surface area contributed by atoms with Crippen molar-refractivity contribution in [2.24, 2.45) is 5.92 Å². The monoisotopic (exact) mass is 533 g/mol. The number of halogens is 1. The van der Waals surface area contributed by atoms with Gasteiger partial charge in [0.15, 0.2) is 0 Å². The van der Waals surface area contributed by atoms with E-state index in [4.69, 9.17) is 21.0 Å². The molecule has 2 aromatic heterocycles.